The molecule has 1 aliphatic heterocycles. The zero-order valence-corrected chi connectivity index (χ0v) is 9.22. The van der Waals surface area contributed by atoms with Gasteiger partial charge in [0.05, 0.1) is 0 Å². The first-order valence-corrected chi connectivity index (χ1v) is 4.82. The van der Waals surface area contributed by atoms with Crippen molar-refractivity contribution in [3.05, 3.63) is 5.82 Å². The van der Waals surface area contributed by atoms with Crippen LogP contribution in [0.5, 0.6) is 0 Å². The minimum Gasteiger partial charge on any atom is -0.312 e. The van der Waals surface area contributed by atoms with Crippen molar-refractivity contribution in [2.75, 3.05) is 6.54 Å². The van der Waals surface area contributed by atoms with E-state index in [-0.39, 0.29) is 12.4 Å². The lowest BCUT2D eigenvalue weighted by molar-refractivity contribution is -0.143. The van der Waals surface area contributed by atoms with Crippen molar-refractivity contribution in [2.45, 2.75) is 19.4 Å². The first-order chi connectivity index (χ1) is 7.93. The molecule has 0 saturated carbocycles. The molecule has 0 aromatic carbocycles. The van der Waals surface area contributed by atoms with Crippen LogP contribution in [-0.2, 0) is 9.59 Å². The second kappa shape index (κ2) is 3.61. The van der Waals surface area contributed by atoms with Gasteiger partial charge in [0, 0.05) is 0 Å². The van der Waals surface area contributed by atoms with E-state index in [0.717, 1.165) is 4.90 Å². The molecule has 3 amide bonds. The van der Waals surface area contributed by atoms with Crippen LogP contribution in [0.15, 0.2) is 0 Å². The minimum absolute atomic E-state index is 0.180. The van der Waals surface area contributed by atoms with Crippen LogP contribution < -0.4 is 5.32 Å². The molecule has 9 heteroatoms. The van der Waals surface area contributed by atoms with Gasteiger partial charge in [0.2, 0.25) is 5.91 Å². The SMILES string of the molecule is CC1(C)C(=O)NC(=O)CN1C(=O)c1nn[nH]n1. The van der Waals surface area contributed by atoms with Crippen molar-refractivity contribution in [1.82, 2.24) is 30.8 Å². The predicted molar refractivity (Wildman–Crippen MR) is 52.4 cm³/mol. The number of aromatic nitrogens is 4. The summed E-state index contributed by atoms with van der Waals surface area (Å²) in [4.78, 5) is 36.0. The number of hydrogen-bond acceptors (Lipinski definition) is 6. The largest absolute Gasteiger partial charge is 0.312 e. The number of tetrazole rings is 1. The van der Waals surface area contributed by atoms with Crippen LogP contribution in [0.2, 0.25) is 0 Å². The third-order valence-corrected chi connectivity index (χ3v) is 2.57. The Morgan fingerprint density at radius 1 is 1.41 bits per heavy atom. The summed E-state index contributed by atoms with van der Waals surface area (Å²) in [5.41, 5.74) is -1.13. The summed E-state index contributed by atoms with van der Waals surface area (Å²) in [5.74, 6) is -1.87. The molecule has 17 heavy (non-hydrogen) atoms. The number of hydrogen-bond donors (Lipinski definition) is 2. The van der Waals surface area contributed by atoms with Gasteiger partial charge in [0.15, 0.2) is 0 Å². The van der Waals surface area contributed by atoms with E-state index in [1.807, 2.05) is 0 Å². The summed E-state index contributed by atoms with van der Waals surface area (Å²) < 4.78 is 0. The summed E-state index contributed by atoms with van der Waals surface area (Å²) in [5, 5.41) is 14.6. The summed E-state index contributed by atoms with van der Waals surface area (Å²) in [6, 6.07) is 0. The molecule has 9 nitrogen and oxygen atoms in total. The Labute approximate surface area is 95.5 Å². The lowest BCUT2D eigenvalue weighted by Crippen LogP contribution is -2.65. The highest BCUT2D eigenvalue weighted by Crippen LogP contribution is 2.19. The maximum absolute atomic E-state index is 12.0. The van der Waals surface area contributed by atoms with Gasteiger partial charge in [-0.05, 0) is 19.1 Å². The number of H-pyrrole nitrogens is 1. The number of carbonyl (C=O) groups is 3. The molecule has 1 aromatic heterocycles. The van der Waals surface area contributed by atoms with Gasteiger partial charge in [-0.15, -0.1) is 10.2 Å². The molecule has 90 valence electrons. The van der Waals surface area contributed by atoms with Gasteiger partial charge < -0.3 is 4.90 Å². The van der Waals surface area contributed by atoms with E-state index in [1.165, 1.54) is 13.8 Å². The molecule has 0 unspecified atom stereocenters. The highest BCUT2D eigenvalue weighted by atomic mass is 16.2. The number of rotatable bonds is 1. The Bertz CT molecular complexity index is 479. The van der Waals surface area contributed by atoms with Gasteiger partial charge in [-0.25, -0.2) is 0 Å². The van der Waals surface area contributed by atoms with E-state index in [1.54, 1.807) is 0 Å². The number of aromatic amines is 1. The molecular formula is C8H10N6O3. The fourth-order valence-electron chi connectivity index (χ4n) is 1.48. The number of nitrogens with one attached hydrogen (secondary N) is 2. The number of piperazine rings is 1. The van der Waals surface area contributed by atoms with Gasteiger partial charge in [-0.2, -0.15) is 5.21 Å². The highest BCUT2D eigenvalue weighted by molar-refractivity contribution is 6.08. The number of carbonyl (C=O) groups excluding carboxylic acids is 3. The highest BCUT2D eigenvalue weighted by Gasteiger charge is 2.44. The van der Waals surface area contributed by atoms with E-state index >= 15 is 0 Å². The van der Waals surface area contributed by atoms with Crippen LogP contribution >= 0.6 is 0 Å². The lowest BCUT2D eigenvalue weighted by atomic mass is 9.98. The maximum atomic E-state index is 12.0. The molecule has 1 aromatic rings. The van der Waals surface area contributed by atoms with Crippen molar-refractivity contribution in [2.24, 2.45) is 0 Å². The van der Waals surface area contributed by atoms with Gasteiger partial charge in [-0.3, -0.25) is 19.7 Å². The average Bonchev–Trinajstić information content (AvgIpc) is 2.76. The Kier molecular flexibility index (Phi) is 2.37. The van der Waals surface area contributed by atoms with Crippen LogP contribution in [0.4, 0.5) is 0 Å². The molecular weight excluding hydrogens is 228 g/mol. The molecule has 1 fully saturated rings. The van der Waals surface area contributed by atoms with Crippen LogP contribution in [-0.4, -0.2) is 55.3 Å². The molecule has 1 saturated heterocycles. The molecule has 1 aliphatic rings. The third-order valence-electron chi connectivity index (χ3n) is 2.57. The van der Waals surface area contributed by atoms with E-state index in [4.69, 9.17) is 0 Å². The van der Waals surface area contributed by atoms with Gasteiger partial charge in [-0.1, -0.05) is 0 Å². The van der Waals surface area contributed by atoms with E-state index in [9.17, 15) is 14.4 Å². The molecule has 2 N–H and O–H groups in total. The number of imide groups is 1. The smallest absolute Gasteiger partial charge is 0.296 e. The fraction of sp³-hybridized carbons (Fsp3) is 0.500. The quantitative estimate of drug-likeness (QED) is 0.550. The first-order valence-electron chi connectivity index (χ1n) is 4.82. The molecule has 2 heterocycles. The van der Waals surface area contributed by atoms with Gasteiger partial charge in [0.1, 0.15) is 12.1 Å². The molecule has 0 spiro atoms. The van der Waals surface area contributed by atoms with Crippen molar-refractivity contribution in [1.29, 1.82) is 0 Å². The van der Waals surface area contributed by atoms with Crippen molar-refractivity contribution >= 4 is 17.7 Å². The molecule has 0 aliphatic carbocycles. The van der Waals surface area contributed by atoms with Crippen molar-refractivity contribution in [3.8, 4) is 0 Å². The standard InChI is InChI=1S/C8H10N6O3/c1-8(2)7(17)9-4(15)3-14(8)6(16)5-10-12-13-11-5/h3H2,1-2H3,(H,9,15,17)(H,10,11,12,13). The van der Waals surface area contributed by atoms with Gasteiger partial charge in [0.25, 0.3) is 17.6 Å². The summed E-state index contributed by atoms with van der Waals surface area (Å²) in [7, 11) is 0. The lowest BCUT2D eigenvalue weighted by Gasteiger charge is -2.39. The van der Waals surface area contributed by atoms with Crippen LogP contribution in [0.25, 0.3) is 0 Å². The van der Waals surface area contributed by atoms with Crippen molar-refractivity contribution < 1.29 is 14.4 Å². The second-order valence-electron chi connectivity index (χ2n) is 4.06. The Morgan fingerprint density at radius 2 is 2.12 bits per heavy atom. The average molecular weight is 238 g/mol. The van der Waals surface area contributed by atoms with Crippen molar-refractivity contribution in [3.63, 3.8) is 0 Å². The molecule has 0 radical (unpaired) electrons. The summed E-state index contributed by atoms with van der Waals surface area (Å²) >= 11 is 0. The fourth-order valence-corrected chi connectivity index (χ4v) is 1.48. The van der Waals surface area contributed by atoms with Crippen LogP contribution in [0.3, 0.4) is 0 Å². The Hall–Kier alpha value is -2.32. The second-order valence-corrected chi connectivity index (χ2v) is 4.06. The predicted octanol–water partition coefficient (Wildman–Crippen LogP) is -1.92. The van der Waals surface area contributed by atoms with Crippen LogP contribution in [0, 0.1) is 0 Å². The minimum atomic E-state index is -1.13. The van der Waals surface area contributed by atoms with Crippen LogP contribution in [0.1, 0.15) is 24.5 Å². The third kappa shape index (κ3) is 1.75. The van der Waals surface area contributed by atoms with E-state index in [0.29, 0.717) is 0 Å². The monoisotopic (exact) mass is 238 g/mol. The topological polar surface area (TPSA) is 121 Å². The summed E-state index contributed by atoms with van der Waals surface area (Å²) in [6.07, 6.45) is 0. The molecule has 0 atom stereocenters. The number of amides is 3. The first kappa shape index (κ1) is 11.2. The van der Waals surface area contributed by atoms with E-state index in [2.05, 4.69) is 25.9 Å². The van der Waals surface area contributed by atoms with Gasteiger partial charge >= 0.3 is 0 Å². The zero-order valence-electron chi connectivity index (χ0n) is 9.22. The summed E-state index contributed by atoms with van der Waals surface area (Å²) in [6.45, 7) is 2.85. The maximum Gasteiger partial charge on any atom is 0.296 e. The number of nitrogens with zero attached hydrogens (tertiary/aromatic N) is 4. The van der Waals surface area contributed by atoms with E-state index < -0.39 is 23.3 Å². The molecule has 2 rings (SSSR count). The Morgan fingerprint density at radius 3 is 2.71 bits per heavy atom. The normalized spacial score (nSPS) is 19.1. The zero-order chi connectivity index (χ0) is 12.6. The Balaban J connectivity index is 2.33. The molecule has 0 bridgehead atoms.